The van der Waals surface area contributed by atoms with Gasteiger partial charge in [0.05, 0.1) is 5.51 Å². The van der Waals surface area contributed by atoms with Crippen LogP contribution in [0.5, 0.6) is 0 Å². The van der Waals surface area contributed by atoms with E-state index in [1.807, 2.05) is 0 Å². The first-order valence-corrected chi connectivity index (χ1v) is 5.57. The lowest BCUT2D eigenvalue weighted by molar-refractivity contribution is 0.102. The highest BCUT2D eigenvalue weighted by Gasteiger charge is 2.08. The van der Waals surface area contributed by atoms with Crippen LogP contribution in [-0.4, -0.2) is 10.9 Å². The maximum atomic E-state index is 13.0. The van der Waals surface area contributed by atoms with E-state index in [-0.39, 0.29) is 11.7 Å². The van der Waals surface area contributed by atoms with Crippen LogP contribution in [0.3, 0.4) is 0 Å². The lowest BCUT2D eigenvalue weighted by atomic mass is 10.2. The lowest BCUT2D eigenvalue weighted by Crippen LogP contribution is -2.12. The quantitative estimate of drug-likeness (QED) is 0.871. The van der Waals surface area contributed by atoms with Crippen LogP contribution in [0.2, 0.25) is 0 Å². The number of halogens is 1. The third-order valence-electron chi connectivity index (χ3n) is 2.08. The molecule has 2 aromatic rings. The Kier molecular flexibility index (Phi) is 2.96. The van der Waals surface area contributed by atoms with Crippen LogP contribution >= 0.6 is 11.3 Å². The number of anilines is 1. The molecule has 0 atom stereocenters. The summed E-state index contributed by atoms with van der Waals surface area (Å²) in [4.78, 5) is 15.5. The number of nitrogens with one attached hydrogen (secondary N) is 1. The van der Waals surface area contributed by atoms with Crippen molar-refractivity contribution in [2.24, 2.45) is 0 Å². The number of aryl methyl sites for hydroxylation is 1. The largest absolute Gasteiger partial charge is 0.321 e. The molecule has 3 nitrogen and oxygen atoms in total. The van der Waals surface area contributed by atoms with E-state index in [2.05, 4.69) is 10.3 Å². The summed E-state index contributed by atoms with van der Waals surface area (Å²) in [6.07, 6.45) is 0. The summed E-state index contributed by atoms with van der Waals surface area (Å²) in [5, 5.41) is 4.31. The molecule has 0 radical (unpaired) electrons. The summed E-state index contributed by atoms with van der Waals surface area (Å²) < 4.78 is 13.0. The number of nitrogens with zero attached hydrogens (tertiary/aromatic N) is 1. The third kappa shape index (κ3) is 2.25. The highest BCUT2D eigenvalue weighted by molar-refractivity contribution is 7.07. The lowest BCUT2D eigenvalue weighted by Gasteiger charge is -2.04. The molecule has 5 heteroatoms. The van der Waals surface area contributed by atoms with Gasteiger partial charge in [0.25, 0.3) is 5.91 Å². The van der Waals surface area contributed by atoms with Gasteiger partial charge < -0.3 is 5.32 Å². The Labute approximate surface area is 96.0 Å². The molecule has 0 aliphatic carbocycles. The molecule has 0 aliphatic rings. The van der Waals surface area contributed by atoms with E-state index in [0.29, 0.717) is 16.9 Å². The number of carbonyl (C=O) groups excluding carboxylic acids is 1. The molecule has 0 saturated heterocycles. The third-order valence-corrected chi connectivity index (χ3v) is 2.67. The molecule has 1 heterocycles. The molecule has 0 spiro atoms. The molecule has 82 valence electrons. The first kappa shape index (κ1) is 10.8. The average molecular weight is 236 g/mol. The van der Waals surface area contributed by atoms with Crippen LogP contribution in [0.15, 0.2) is 29.1 Å². The van der Waals surface area contributed by atoms with Gasteiger partial charge >= 0.3 is 0 Å². The number of benzene rings is 1. The molecule has 1 amide bonds. The van der Waals surface area contributed by atoms with Gasteiger partial charge in [0.1, 0.15) is 11.5 Å². The number of rotatable bonds is 2. The number of aromatic nitrogens is 1. The predicted octanol–water partition coefficient (Wildman–Crippen LogP) is 2.84. The smallest absolute Gasteiger partial charge is 0.275 e. The van der Waals surface area contributed by atoms with Crippen molar-refractivity contribution in [3.05, 3.63) is 46.2 Å². The van der Waals surface area contributed by atoms with E-state index in [1.54, 1.807) is 23.9 Å². The second-order valence-electron chi connectivity index (χ2n) is 3.29. The Bertz CT molecular complexity index is 511. The highest BCUT2D eigenvalue weighted by atomic mass is 32.1. The summed E-state index contributed by atoms with van der Waals surface area (Å²) in [5.41, 5.74) is 3.02. The fraction of sp³-hybridized carbons (Fsp3) is 0.0909. The second kappa shape index (κ2) is 4.40. The number of hydrogen-bond acceptors (Lipinski definition) is 3. The summed E-state index contributed by atoms with van der Waals surface area (Å²) in [5.74, 6) is -0.570. The van der Waals surface area contributed by atoms with Gasteiger partial charge in [-0.15, -0.1) is 11.3 Å². The minimum absolute atomic E-state index is 0.285. The summed E-state index contributed by atoms with van der Waals surface area (Å²) in [6.45, 7) is 1.65. The zero-order valence-corrected chi connectivity index (χ0v) is 9.34. The summed E-state index contributed by atoms with van der Waals surface area (Å²) in [7, 11) is 0. The van der Waals surface area contributed by atoms with Gasteiger partial charge in [0, 0.05) is 11.1 Å². The maximum absolute atomic E-state index is 13.0. The number of carbonyl (C=O) groups is 1. The van der Waals surface area contributed by atoms with E-state index in [4.69, 9.17) is 0 Å². The van der Waals surface area contributed by atoms with Gasteiger partial charge in [0.2, 0.25) is 0 Å². The van der Waals surface area contributed by atoms with Crippen LogP contribution in [0.1, 0.15) is 16.1 Å². The Hall–Kier alpha value is -1.75. The molecule has 0 fully saturated rings. The maximum Gasteiger partial charge on any atom is 0.275 e. The molecule has 1 aromatic heterocycles. The Morgan fingerprint density at radius 1 is 1.50 bits per heavy atom. The minimum Gasteiger partial charge on any atom is -0.321 e. The fourth-order valence-electron chi connectivity index (χ4n) is 1.24. The van der Waals surface area contributed by atoms with Crippen molar-refractivity contribution in [1.82, 2.24) is 4.98 Å². The number of hydrogen-bond donors (Lipinski definition) is 1. The molecular weight excluding hydrogens is 227 g/mol. The standard InChI is InChI=1S/C11H9FN2OS/c1-7-4-8(2-3-9(7)12)14-11(15)10-5-16-6-13-10/h2-6H,1H3,(H,14,15). The van der Waals surface area contributed by atoms with Crippen LogP contribution in [-0.2, 0) is 0 Å². The van der Waals surface area contributed by atoms with Crippen LogP contribution in [0.4, 0.5) is 10.1 Å². The van der Waals surface area contributed by atoms with Crippen molar-refractivity contribution in [2.75, 3.05) is 5.32 Å². The second-order valence-corrected chi connectivity index (χ2v) is 4.01. The van der Waals surface area contributed by atoms with E-state index >= 15 is 0 Å². The number of thiazole rings is 1. The van der Waals surface area contributed by atoms with Crippen molar-refractivity contribution < 1.29 is 9.18 Å². The molecule has 0 bridgehead atoms. The minimum atomic E-state index is -0.286. The molecular formula is C11H9FN2OS. The molecule has 16 heavy (non-hydrogen) atoms. The monoisotopic (exact) mass is 236 g/mol. The number of amides is 1. The van der Waals surface area contributed by atoms with Gasteiger partial charge in [-0.05, 0) is 30.7 Å². The topological polar surface area (TPSA) is 42.0 Å². The molecule has 0 aliphatic heterocycles. The zero-order valence-electron chi connectivity index (χ0n) is 8.53. The zero-order chi connectivity index (χ0) is 11.5. The van der Waals surface area contributed by atoms with Gasteiger partial charge in [0.15, 0.2) is 0 Å². The predicted molar refractivity (Wildman–Crippen MR) is 61.2 cm³/mol. The first-order chi connectivity index (χ1) is 7.66. The van der Waals surface area contributed by atoms with Gasteiger partial charge in [-0.2, -0.15) is 0 Å². The Balaban J connectivity index is 2.15. The van der Waals surface area contributed by atoms with Crippen molar-refractivity contribution in [3.63, 3.8) is 0 Å². The van der Waals surface area contributed by atoms with Crippen molar-refractivity contribution in [2.45, 2.75) is 6.92 Å². The van der Waals surface area contributed by atoms with E-state index in [1.165, 1.54) is 23.5 Å². The van der Waals surface area contributed by atoms with Gasteiger partial charge in [-0.25, -0.2) is 9.37 Å². The molecule has 1 N–H and O–H groups in total. The van der Waals surface area contributed by atoms with Crippen molar-refractivity contribution in [3.8, 4) is 0 Å². The normalized spacial score (nSPS) is 10.1. The highest BCUT2D eigenvalue weighted by Crippen LogP contribution is 2.14. The van der Waals surface area contributed by atoms with Gasteiger partial charge in [-0.1, -0.05) is 0 Å². The van der Waals surface area contributed by atoms with Crippen molar-refractivity contribution in [1.29, 1.82) is 0 Å². The van der Waals surface area contributed by atoms with Crippen LogP contribution in [0.25, 0.3) is 0 Å². The summed E-state index contributed by atoms with van der Waals surface area (Å²) >= 11 is 1.35. The SMILES string of the molecule is Cc1cc(NC(=O)c2cscn2)ccc1F. The van der Waals surface area contributed by atoms with Crippen LogP contribution < -0.4 is 5.32 Å². The van der Waals surface area contributed by atoms with E-state index < -0.39 is 0 Å². The molecule has 0 saturated carbocycles. The van der Waals surface area contributed by atoms with Crippen molar-refractivity contribution >= 4 is 22.9 Å². The van der Waals surface area contributed by atoms with E-state index in [9.17, 15) is 9.18 Å². The molecule has 1 aromatic carbocycles. The fourth-order valence-corrected chi connectivity index (χ4v) is 1.77. The molecule has 0 unspecified atom stereocenters. The average Bonchev–Trinajstić information content (AvgIpc) is 2.77. The van der Waals surface area contributed by atoms with E-state index in [0.717, 1.165) is 0 Å². The Morgan fingerprint density at radius 3 is 2.94 bits per heavy atom. The summed E-state index contributed by atoms with van der Waals surface area (Å²) in [6, 6.07) is 4.43. The first-order valence-electron chi connectivity index (χ1n) is 4.62. The van der Waals surface area contributed by atoms with Gasteiger partial charge in [-0.3, -0.25) is 4.79 Å². The molecule has 2 rings (SSSR count). The Morgan fingerprint density at radius 2 is 2.31 bits per heavy atom. The van der Waals surface area contributed by atoms with Crippen LogP contribution in [0, 0.1) is 12.7 Å².